The lowest BCUT2D eigenvalue weighted by atomic mass is 10.1. The Balaban J connectivity index is 1.89. The smallest absolute Gasteiger partial charge is 0.240 e. The maximum atomic E-state index is 12.2. The molecule has 0 fully saturated rings. The van der Waals surface area contributed by atoms with Crippen LogP contribution in [0.2, 0.25) is 0 Å². The van der Waals surface area contributed by atoms with Gasteiger partial charge in [-0.25, -0.2) is 13.1 Å². The molecule has 0 atom stereocenters. The minimum absolute atomic E-state index is 0.232. The van der Waals surface area contributed by atoms with Gasteiger partial charge in [0.15, 0.2) is 0 Å². The normalized spacial score (nSPS) is 11.4. The molecule has 0 heterocycles. The molecule has 0 aliphatic rings. The van der Waals surface area contributed by atoms with Gasteiger partial charge in [0.05, 0.1) is 4.90 Å². The van der Waals surface area contributed by atoms with Crippen molar-refractivity contribution in [2.45, 2.75) is 31.6 Å². The van der Waals surface area contributed by atoms with E-state index in [1.54, 1.807) is 12.1 Å². The van der Waals surface area contributed by atoms with Crippen LogP contribution in [0.15, 0.2) is 53.4 Å². The van der Waals surface area contributed by atoms with E-state index in [2.05, 4.69) is 11.6 Å². The van der Waals surface area contributed by atoms with E-state index >= 15 is 0 Å². The van der Waals surface area contributed by atoms with E-state index in [1.807, 2.05) is 43.3 Å². The Kier molecular flexibility index (Phi) is 6.19. The molecule has 0 bridgehead atoms. The van der Waals surface area contributed by atoms with Crippen molar-refractivity contribution in [3.8, 4) is 5.75 Å². The van der Waals surface area contributed by atoms with Gasteiger partial charge in [-0.2, -0.15) is 0 Å². The summed E-state index contributed by atoms with van der Waals surface area (Å²) in [4.78, 5) is 0.281. The van der Waals surface area contributed by atoms with Gasteiger partial charge in [0, 0.05) is 6.54 Å². The zero-order valence-corrected chi connectivity index (χ0v) is 14.4. The highest BCUT2D eigenvalue weighted by Gasteiger charge is 2.13. The van der Waals surface area contributed by atoms with Crippen LogP contribution in [0.4, 0.5) is 0 Å². The molecule has 0 aliphatic carbocycles. The average Bonchev–Trinajstić information content (AvgIpc) is 2.59. The molecule has 124 valence electrons. The molecular formula is C18H23NO3S. The Morgan fingerprint density at radius 3 is 2.30 bits per heavy atom. The number of benzene rings is 2. The fourth-order valence-corrected chi connectivity index (χ4v) is 3.27. The molecule has 2 aromatic carbocycles. The number of ether oxygens (including phenoxy) is 1. The van der Waals surface area contributed by atoms with Crippen molar-refractivity contribution in [1.29, 1.82) is 0 Å². The fraction of sp³-hybridized carbons (Fsp3) is 0.333. The lowest BCUT2D eigenvalue weighted by molar-refractivity contribution is 0.320. The van der Waals surface area contributed by atoms with Crippen molar-refractivity contribution in [2.24, 2.45) is 0 Å². The summed E-state index contributed by atoms with van der Waals surface area (Å²) < 4.78 is 32.6. The molecule has 5 heteroatoms. The zero-order valence-electron chi connectivity index (χ0n) is 13.6. The monoisotopic (exact) mass is 333 g/mol. The van der Waals surface area contributed by atoms with Crippen LogP contribution in [0.1, 0.15) is 25.0 Å². The quantitative estimate of drug-likeness (QED) is 0.755. The lowest BCUT2D eigenvalue weighted by Crippen LogP contribution is -2.28. The third kappa shape index (κ3) is 4.81. The number of nitrogens with one attached hydrogen (secondary N) is 1. The summed E-state index contributed by atoms with van der Waals surface area (Å²) in [5.41, 5.74) is 2.23. The highest BCUT2D eigenvalue weighted by molar-refractivity contribution is 7.89. The predicted molar refractivity (Wildman–Crippen MR) is 92.3 cm³/mol. The number of hydrogen-bond acceptors (Lipinski definition) is 3. The molecule has 0 amide bonds. The summed E-state index contributed by atoms with van der Waals surface area (Å²) in [5, 5.41) is 0. The summed E-state index contributed by atoms with van der Waals surface area (Å²) in [7, 11) is -3.49. The second-order valence-electron chi connectivity index (χ2n) is 5.21. The molecular weight excluding hydrogens is 310 g/mol. The van der Waals surface area contributed by atoms with Gasteiger partial charge in [-0.05, 0) is 42.2 Å². The Morgan fingerprint density at radius 2 is 1.65 bits per heavy atom. The first-order valence-corrected chi connectivity index (χ1v) is 9.34. The highest BCUT2D eigenvalue weighted by Crippen LogP contribution is 2.18. The molecule has 0 saturated heterocycles. The van der Waals surface area contributed by atoms with E-state index in [0.717, 1.165) is 29.7 Å². The van der Waals surface area contributed by atoms with Crippen molar-refractivity contribution < 1.29 is 13.2 Å². The topological polar surface area (TPSA) is 55.4 Å². The number of para-hydroxylation sites is 1. The number of sulfonamides is 1. The Morgan fingerprint density at radius 1 is 0.957 bits per heavy atom. The summed E-state index contributed by atoms with van der Waals surface area (Å²) in [6.07, 6.45) is 1.77. The van der Waals surface area contributed by atoms with Gasteiger partial charge in [-0.15, -0.1) is 0 Å². The van der Waals surface area contributed by atoms with Crippen molar-refractivity contribution in [1.82, 2.24) is 4.72 Å². The van der Waals surface area contributed by atoms with Crippen LogP contribution in [0.3, 0.4) is 0 Å². The molecule has 0 radical (unpaired) electrons. The van der Waals surface area contributed by atoms with Crippen molar-refractivity contribution in [2.75, 3.05) is 13.2 Å². The summed E-state index contributed by atoms with van der Waals surface area (Å²) in [6.45, 7) is 4.62. The van der Waals surface area contributed by atoms with Crippen molar-refractivity contribution >= 4 is 10.0 Å². The van der Waals surface area contributed by atoms with Crippen LogP contribution < -0.4 is 9.46 Å². The van der Waals surface area contributed by atoms with Crippen LogP contribution in [0.5, 0.6) is 5.75 Å². The van der Waals surface area contributed by atoms with Gasteiger partial charge in [0.25, 0.3) is 0 Å². The first-order valence-electron chi connectivity index (χ1n) is 7.86. The average molecular weight is 333 g/mol. The number of hydrogen-bond donors (Lipinski definition) is 1. The molecule has 23 heavy (non-hydrogen) atoms. The first kappa shape index (κ1) is 17.5. The van der Waals surface area contributed by atoms with Gasteiger partial charge in [0.1, 0.15) is 12.4 Å². The van der Waals surface area contributed by atoms with E-state index in [1.165, 1.54) is 0 Å². The predicted octanol–water partition coefficient (Wildman–Crippen LogP) is 3.17. The van der Waals surface area contributed by atoms with Crippen LogP contribution in [0, 0.1) is 0 Å². The van der Waals surface area contributed by atoms with E-state index in [4.69, 9.17) is 4.74 Å². The van der Waals surface area contributed by atoms with Gasteiger partial charge in [-0.3, -0.25) is 0 Å². The Labute approximate surface area is 138 Å². The maximum Gasteiger partial charge on any atom is 0.240 e. The second-order valence-corrected chi connectivity index (χ2v) is 6.97. The standard InChI is InChI=1S/C18H23NO3S/c1-3-15-9-11-17(12-10-15)23(20,21)19-13-14-22-18-8-6-5-7-16(18)4-2/h5-12,19H,3-4,13-14H2,1-2H3. The summed E-state index contributed by atoms with van der Waals surface area (Å²) in [6, 6.07) is 14.7. The van der Waals surface area contributed by atoms with Gasteiger partial charge < -0.3 is 4.74 Å². The molecule has 2 rings (SSSR count). The van der Waals surface area contributed by atoms with E-state index in [0.29, 0.717) is 6.61 Å². The first-order chi connectivity index (χ1) is 11.1. The molecule has 0 aromatic heterocycles. The molecule has 0 unspecified atom stereocenters. The highest BCUT2D eigenvalue weighted by atomic mass is 32.2. The minimum Gasteiger partial charge on any atom is -0.492 e. The van der Waals surface area contributed by atoms with Crippen LogP contribution in [0.25, 0.3) is 0 Å². The summed E-state index contributed by atoms with van der Waals surface area (Å²) in [5.74, 6) is 0.807. The van der Waals surface area contributed by atoms with E-state index in [9.17, 15) is 8.42 Å². The van der Waals surface area contributed by atoms with Crippen LogP contribution in [-0.4, -0.2) is 21.6 Å². The molecule has 0 saturated carbocycles. The largest absolute Gasteiger partial charge is 0.492 e. The van der Waals surface area contributed by atoms with E-state index in [-0.39, 0.29) is 11.4 Å². The van der Waals surface area contributed by atoms with Crippen LogP contribution >= 0.6 is 0 Å². The van der Waals surface area contributed by atoms with Gasteiger partial charge in [0.2, 0.25) is 10.0 Å². The molecule has 0 aliphatic heterocycles. The minimum atomic E-state index is -3.49. The van der Waals surface area contributed by atoms with Crippen molar-refractivity contribution in [3.05, 3.63) is 59.7 Å². The Hall–Kier alpha value is -1.85. The molecule has 0 spiro atoms. The molecule has 1 N–H and O–H groups in total. The van der Waals surface area contributed by atoms with Crippen molar-refractivity contribution in [3.63, 3.8) is 0 Å². The fourth-order valence-electron chi connectivity index (χ4n) is 2.26. The van der Waals surface area contributed by atoms with Gasteiger partial charge >= 0.3 is 0 Å². The SMILES string of the molecule is CCc1ccc(S(=O)(=O)NCCOc2ccccc2CC)cc1. The third-order valence-corrected chi connectivity index (χ3v) is 5.12. The maximum absolute atomic E-state index is 12.2. The van der Waals surface area contributed by atoms with Crippen LogP contribution in [-0.2, 0) is 22.9 Å². The van der Waals surface area contributed by atoms with E-state index < -0.39 is 10.0 Å². The number of aryl methyl sites for hydroxylation is 2. The summed E-state index contributed by atoms with van der Waals surface area (Å²) >= 11 is 0. The molecule has 2 aromatic rings. The lowest BCUT2D eigenvalue weighted by Gasteiger charge is -2.11. The second kappa shape index (κ2) is 8.13. The number of rotatable bonds is 8. The molecule has 4 nitrogen and oxygen atoms in total. The van der Waals surface area contributed by atoms with Gasteiger partial charge in [-0.1, -0.05) is 44.2 Å². The third-order valence-electron chi connectivity index (χ3n) is 3.65. The zero-order chi connectivity index (χ0) is 16.7. The Bertz CT molecular complexity index is 724.